The molecule has 5 heteroatoms. The van der Waals surface area contributed by atoms with Crippen LogP contribution in [0.3, 0.4) is 0 Å². The van der Waals surface area contributed by atoms with Gasteiger partial charge in [-0.25, -0.2) is 0 Å². The van der Waals surface area contributed by atoms with Crippen molar-refractivity contribution in [2.24, 2.45) is 17.1 Å². The monoisotopic (exact) mass is 296 g/mol. The van der Waals surface area contributed by atoms with E-state index >= 15 is 0 Å². The van der Waals surface area contributed by atoms with Gasteiger partial charge in [0.15, 0.2) is 0 Å². The Labute approximate surface area is 126 Å². The van der Waals surface area contributed by atoms with Gasteiger partial charge in [-0.3, -0.25) is 9.59 Å². The van der Waals surface area contributed by atoms with Crippen molar-refractivity contribution in [2.45, 2.75) is 64.3 Å². The number of nitrogens with zero attached hydrogens (tertiary/aromatic N) is 1. The van der Waals surface area contributed by atoms with E-state index in [9.17, 15) is 14.7 Å². The number of rotatable bonds is 4. The maximum atomic E-state index is 12.6. The molecule has 120 valence electrons. The van der Waals surface area contributed by atoms with Gasteiger partial charge in [0, 0.05) is 19.1 Å². The lowest BCUT2D eigenvalue weighted by molar-refractivity contribution is -0.156. The number of carboxylic acids is 1. The minimum Gasteiger partial charge on any atom is -0.481 e. The predicted octanol–water partition coefficient (Wildman–Crippen LogP) is 2.00. The molecule has 0 spiro atoms. The molecule has 2 atom stereocenters. The van der Waals surface area contributed by atoms with Crippen LogP contribution in [0.25, 0.3) is 0 Å². The highest BCUT2D eigenvalue weighted by Crippen LogP contribution is 2.37. The fourth-order valence-electron chi connectivity index (χ4n) is 3.91. The Kier molecular flexibility index (Phi) is 5.25. The maximum Gasteiger partial charge on any atom is 0.309 e. The smallest absolute Gasteiger partial charge is 0.309 e. The Morgan fingerprint density at radius 2 is 1.86 bits per heavy atom. The largest absolute Gasteiger partial charge is 0.481 e. The van der Waals surface area contributed by atoms with Crippen LogP contribution in [0.5, 0.6) is 0 Å². The van der Waals surface area contributed by atoms with Crippen LogP contribution in [0.1, 0.15) is 58.3 Å². The van der Waals surface area contributed by atoms with Crippen molar-refractivity contribution < 1.29 is 14.7 Å². The number of carbonyl (C=O) groups is 2. The SMILES string of the molecule is CCCC1(C(=O)O)CCN(C(=O)C2CCCCC2N)CC1. The molecule has 21 heavy (non-hydrogen) atoms. The van der Waals surface area contributed by atoms with Gasteiger partial charge >= 0.3 is 5.97 Å². The number of hydrogen-bond acceptors (Lipinski definition) is 3. The van der Waals surface area contributed by atoms with Gasteiger partial charge in [-0.2, -0.15) is 0 Å². The zero-order valence-corrected chi connectivity index (χ0v) is 13.0. The van der Waals surface area contributed by atoms with Gasteiger partial charge in [-0.05, 0) is 32.1 Å². The normalized spacial score (nSPS) is 29.1. The van der Waals surface area contributed by atoms with Gasteiger partial charge < -0.3 is 15.7 Å². The molecule has 2 aliphatic rings. The number of amides is 1. The Morgan fingerprint density at radius 3 is 2.38 bits per heavy atom. The van der Waals surface area contributed by atoms with E-state index in [0.29, 0.717) is 32.4 Å². The summed E-state index contributed by atoms with van der Waals surface area (Å²) in [5.41, 5.74) is 5.47. The molecule has 1 amide bonds. The fourth-order valence-corrected chi connectivity index (χ4v) is 3.91. The third-order valence-electron chi connectivity index (χ3n) is 5.35. The number of piperidine rings is 1. The summed E-state index contributed by atoms with van der Waals surface area (Å²) in [7, 11) is 0. The average Bonchev–Trinajstić information content (AvgIpc) is 2.48. The van der Waals surface area contributed by atoms with Crippen molar-refractivity contribution >= 4 is 11.9 Å². The number of nitrogens with two attached hydrogens (primary N) is 1. The highest BCUT2D eigenvalue weighted by molar-refractivity contribution is 5.80. The molecule has 0 aromatic rings. The third-order valence-corrected chi connectivity index (χ3v) is 5.35. The molecule has 1 heterocycles. The molecule has 2 rings (SSSR count). The summed E-state index contributed by atoms with van der Waals surface area (Å²) in [6, 6.07) is -0.0203. The molecule has 2 fully saturated rings. The molecule has 0 aromatic carbocycles. The second-order valence-electron chi connectivity index (χ2n) is 6.72. The van der Waals surface area contributed by atoms with Crippen LogP contribution in [0.4, 0.5) is 0 Å². The first-order valence-corrected chi connectivity index (χ1v) is 8.28. The van der Waals surface area contributed by atoms with Crippen LogP contribution >= 0.6 is 0 Å². The Morgan fingerprint density at radius 1 is 1.24 bits per heavy atom. The second kappa shape index (κ2) is 6.77. The fraction of sp³-hybridized carbons (Fsp3) is 0.875. The highest BCUT2D eigenvalue weighted by atomic mass is 16.4. The molecular formula is C16H28N2O3. The standard InChI is InChI=1S/C16H28N2O3/c1-2-7-16(15(20)21)8-10-18(11-9-16)14(19)12-5-3-4-6-13(12)17/h12-13H,2-11,17H2,1H3,(H,20,21). The van der Waals surface area contributed by atoms with Crippen molar-refractivity contribution in [2.75, 3.05) is 13.1 Å². The summed E-state index contributed by atoms with van der Waals surface area (Å²) in [6.07, 6.45) is 6.72. The van der Waals surface area contributed by atoms with Crippen LogP contribution in [-0.4, -0.2) is 41.0 Å². The molecule has 0 aromatic heterocycles. The summed E-state index contributed by atoms with van der Waals surface area (Å²) in [4.78, 5) is 26.0. The number of aliphatic carboxylic acids is 1. The summed E-state index contributed by atoms with van der Waals surface area (Å²) < 4.78 is 0. The van der Waals surface area contributed by atoms with Crippen molar-refractivity contribution in [3.63, 3.8) is 0 Å². The van der Waals surface area contributed by atoms with Gasteiger partial charge in [0.05, 0.1) is 11.3 Å². The summed E-state index contributed by atoms with van der Waals surface area (Å²) in [5, 5.41) is 9.51. The summed E-state index contributed by atoms with van der Waals surface area (Å²) in [5.74, 6) is -0.606. The molecule has 3 N–H and O–H groups in total. The molecule has 1 saturated heterocycles. The van der Waals surface area contributed by atoms with Gasteiger partial charge in [0.1, 0.15) is 0 Å². The first-order valence-electron chi connectivity index (χ1n) is 8.28. The van der Waals surface area contributed by atoms with Crippen LogP contribution in [0.15, 0.2) is 0 Å². The lowest BCUT2D eigenvalue weighted by Crippen LogP contribution is -2.51. The number of hydrogen-bond donors (Lipinski definition) is 2. The van der Waals surface area contributed by atoms with E-state index in [4.69, 9.17) is 5.73 Å². The topological polar surface area (TPSA) is 83.6 Å². The lowest BCUT2D eigenvalue weighted by atomic mass is 9.74. The van der Waals surface area contributed by atoms with E-state index in [-0.39, 0.29) is 17.9 Å². The molecule has 0 radical (unpaired) electrons. The van der Waals surface area contributed by atoms with Crippen LogP contribution in [0.2, 0.25) is 0 Å². The predicted molar refractivity (Wildman–Crippen MR) is 80.7 cm³/mol. The van der Waals surface area contributed by atoms with E-state index in [1.165, 1.54) is 0 Å². The minimum atomic E-state index is -0.703. The Hall–Kier alpha value is -1.10. The van der Waals surface area contributed by atoms with Crippen molar-refractivity contribution in [3.05, 3.63) is 0 Å². The van der Waals surface area contributed by atoms with Gasteiger partial charge in [0.2, 0.25) is 5.91 Å². The summed E-state index contributed by atoms with van der Waals surface area (Å²) >= 11 is 0. The highest BCUT2D eigenvalue weighted by Gasteiger charge is 2.43. The van der Waals surface area contributed by atoms with Gasteiger partial charge in [-0.15, -0.1) is 0 Å². The third kappa shape index (κ3) is 3.39. The Balaban J connectivity index is 1.96. The zero-order valence-electron chi connectivity index (χ0n) is 13.0. The minimum absolute atomic E-state index is 0.0203. The van der Waals surface area contributed by atoms with Crippen LogP contribution in [-0.2, 0) is 9.59 Å². The average molecular weight is 296 g/mol. The number of carboxylic acid groups (broad SMARTS) is 1. The van der Waals surface area contributed by atoms with Crippen LogP contribution < -0.4 is 5.73 Å². The zero-order chi connectivity index (χ0) is 15.5. The van der Waals surface area contributed by atoms with E-state index in [2.05, 4.69) is 0 Å². The first-order chi connectivity index (χ1) is 10.00. The lowest BCUT2D eigenvalue weighted by Gasteiger charge is -2.41. The second-order valence-corrected chi connectivity index (χ2v) is 6.72. The molecule has 0 bridgehead atoms. The molecule has 2 unspecified atom stereocenters. The molecular weight excluding hydrogens is 268 g/mol. The van der Waals surface area contributed by atoms with Crippen LogP contribution in [0, 0.1) is 11.3 Å². The molecule has 5 nitrogen and oxygen atoms in total. The molecule has 1 aliphatic heterocycles. The quantitative estimate of drug-likeness (QED) is 0.831. The van der Waals surface area contributed by atoms with E-state index in [1.807, 2.05) is 11.8 Å². The molecule has 1 aliphatic carbocycles. The summed E-state index contributed by atoms with van der Waals surface area (Å²) in [6.45, 7) is 3.14. The van der Waals surface area contributed by atoms with E-state index < -0.39 is 11.4 Å². The number of likely N-dealkylation sites (tertiary alicyclic amines) is 1. The van der Waals surface area contributed by atoms with Crippen molar-refractivity contribution in [1.29, 1.82) is 0 Å². The van der Waals surface area contributed by atoms with Gasteiger partial charge in [0.25, 0.3) is 0 Å². The van der Waals surface area contributed by atoms with E-state index in [1.54, 1.807) is 0 Å². The first kappa shape index (κ1) is 16.3. The Bertz CT molecular complexity index is 389. The van der Waals surface area contributed by atoms with Crippen molar-refractivity contribution in [3.8, 4) is 0 Å². The number of carbonyl (C=O) groups excluding carboxylic acids is 1. The van der Waals surface area contributed by atoms with Crippen molar-refractivity contribution in [1.82, 2.24) is 4.90 Å². The molecule has 1 saturated carbocycles. The maximum absolute atomic E-state index is 12.6. The van der Waals surface area contributed by atoms with Gasteiger partial charge in [-0.1, -0.05) is 26.2 Å². The van der Waals surface area contributed by atoms with E-state index in [0.717, 1.165) is 32.1 Å².